The first-order valence-electron chi connectivity index (χ1n) is 4.54. The first-order chi connectivity index (χ1) is 7.70. The lowest BCUT2D eigenvalue weighted by Crippen LogP contribution is -1.90. The van der Waals surface area contributed by atoms with Crippen molar-refractivity contribution in [2.24, 2.45) is 0 Å². The predicted molar refractivity (Wildman–Crippen MR) is 66.7 cm³/mol. The quantitative estimate of drug-likeness (QED) is 0.850. The average molecular weight is 300 g/mol. The van der Waals surface area contributed by atoms with Gasteiger partial charge in [0, 0.05) is 5.56 Å². The molecule has 3 nitrogen and oxygen atoms in total. The molecule has 0 fully saturated rings. The number of benzene rings is 1. The van der Waals surface area contributed by atoms with Gasteiger partial charge in [0.2, 0.25) is 0 Å². The van der Waals surface area contributed by atoms with E-state index in [1.807, 2.05) is 30.3 Å². The number of nitrogens with zero attached hydrogens (tertiary/aromatic N) is 2. The molecule has 0 aliphatic rings. The Morgan fingerprint density at radius 2 is 2.06 bits per heavy atom. The van der Waals surface area contributed by atoms with Gasteiger partial charge in [0.25, 0.3) is 0 Å². The van der Waals surface area contributed by atoms with Gasteiger partial charge in [0.15, 0.2) is 5.15 Å². The minimum Gasteiger partial charge on any atom is -0.497 e. The molecule has 0 radical (unpaired) electrons. The number of halogens is 2. The molecular formula is C11H8BrClN2O. The Kier molecular flexibility index (Phi) is 3.41. The normalized spacial score (nSPS) is 10.2. The molecule has 82 valence electrons. The molecule has 0 saturated heterocycles. The summed E-state index contributed by atoms with van der Waals surface area (Å²) in [5.41, 5.74) is 1.68. The van der Waals surface area contributed by atoms with Gasteiger partial charge in [0.1, 0.15) is 5.75 Å². The first-order valence-corrected chi connectivity index (χ1v) is 5.71. The van der Waals surface area contributed by atoms with Gasteiger partial charge in [0.05, 0.1) is 17.3 Å². The number of hydrogen-bond donors (Lipinski definition) is 0. The maximum Gasteiger partial charge on any atom is 0.165 e. The Balaban J connectivity index is 2.46. The van der Waals surface area contributed by atoms with Gasteiger partial charge in [-0.3, -0.25) is 0 Å². The van der Waals surface area contributed by atoms with Gasteiger partial charge < -0.3 is 4.74 Å². The predicted octanol–water partition coefficient (Wildman–Crippen LogP) is 3.57. The number of methoxy groups -OCH3 is 1. The summed E-state index contributed by atoms with van der Waals surface area (Å²) in [6, 6.07) is 9.43. The molecule has 0 atom stereocenters. The highest BCUT2D eigenvalue weighted by Crippen LogP contribution is 2.26. The van der Waals surface area contributed by atoms with Crippen LogP contribution >= 0.6 is 27.5 Å². The molecule has 0 aliphatic heterocycles. The number of hydrogen-bond acceptors (Lipinski definition) is 3. The summed E-state index contributed by atoms with van der Waals surface area (Å²) >= 11 is 9.09. The van der Waals surface area contributed by atoms with Gasteiger partial charge in [-0.2, -0.15) is 0 Å². The van der Waals surface area contributed by atoms with Crippen molar-refractivity contribution in [3.8, 4) is 17.0 Å². The Hall–Kier alpha value is -1.13. The number of aromatic nitrogens is 2. The molecule has 0 spiro atoms. The molecule has 2 aromatic rings. The van der Waals surface area contributed by atoms with Crippen molar-refractivity contribution >= 4 is 27.5 Å². The minimum absolute atomic E-state index is 0.353. The molecule has 5 heteroatoms. The van der Waals surface area contributed by atoms with Crippen molar-refractivity contribution in [3.63, 3.8) is 0 Å². The SMILES string of the molecule is COc1cccc(-c2cc(Br)c(Cl)nn2)c1. The zero-order valence-corrected chi connectivity index (χ0v) is 10.8. The second kappa shape index (κ2) is 4.80. The zero-order chi connectivity index (χ0) is 11.5. The van der Waals surface area contributed by atoms with Crippen LogP contribution in [0.1, 0.15) is 0 Å². The van der Waals surface area contributed by atoms with Gasteiger partial charge in [-0.15, -0.1) is 10.2 Å². The standard InChI is InChI=1S/C11H8BrClN2O/c1-16-8-4-2-3-7(5-8)10-6-9(12)11(13)15-14-10/h2-6H,1H3. The van der Waals surface area contributed by atoms with E-state index in [1.54, 1.807) is 7.11 Å². The van der Waals surface area contributed by atoms with Crippen LogP contribution in [0.4, 0.5) is 0 Å². The largest absolute Gasteiger partial charge is 0.497 e. The van der Waals surface area contributed by atoms with Crippen LogP contribution < -0.4 is 4.74 Å². The van der Waals surface area contributed by atoms with Crippen molar-refractivity contribution in [3.05, 3.63) is 40.0 Å². The second-order valence-corrected chi connectivity index (χ2v) is 4.31. The van der Waals surface area contributed by atoms with E-state index in [4.69, 9.17) is 16.3 Å². The molecule has 1 aromatic heterocycles. The lowest BCUT2D eigenvalue weighted by molar-refractivity contribution is 0.415. The summed E-state index contributed by atoms with van der Waals surface area (Å²) in [5, 5.41) is 8.21. The van der Waals surface area contributed by atoms with E-state index in [2.05, 4.69) is 26.1 Å². The summed E-state index contributed by atoms with van der Waals surface area (Å²) < 4.78 is 5.87. The topological polar surface area (TPSA) is 35.0 Å². The van der Waals surface area contributed by atoms with Crippen molar-refractivity contribution < 1.29 is 4.74 Å². The van der Waals surface area contributed by atoms with Crippen LogP contribution in [0.25, 0.3) is 11.3 Å². The maximum atomic E-state index is 5.78. The maximum absolute atomic E-state index is 5.78. The fourth-order valence-corrected chi connectivity index (χ4v) is 1.67. The van der Waals surface area contributed by atoms with Gasteiger partial charge in [-0.1, -0.05) is 23.7 Å². The molecule has 1 heterocycles. The van der Waals surface area contributed by atoms with Gasteiger partial charge >= 0.3 is 0 Å². The Morgan fingerprint density at radius 1 is 1.25 bits per heavy atom. The lowest BCUT2D eigenvalue weighted by atomic mass is 10.1. The summed E-state index contributed by atoms with van der Waals surface area (Å²) in [4.78, 5) is 0. The fraction of sp³-hybridized carbons (Fsp3) is 0.0909. The van der Waals surface area contributed by atoms with Crippen molar-refractivity contribution in [2.45, 2.75) is 0 Å². The highest BCUT2D eigenvalue weighted by atomic mass is 79.9. The molecular weight excluding hydrogens is 291 g/mol. The molecule has 0 unspecified atom stereocenters. The molecule has 0 bridgehead atoms. The fourth-order valence-electron chi connectivity index (χ4n) is 1.28. The minimum atomic E-state index is 0.353. The summed E-state index contributed by atoms with van der Waals surface area (Å²) in [6.07, 6.45) is 0. The molecule has 0 saturated carbocycles. The smallest absolute Gasteiger partial charge is 0.165 e. The van der Waals surface area contributed by atoms with Crippen LogP contribution in [0.3, 0.4) is 0 Å². The highest BCUT2D eigenvalue weighted by molar-refractivity contribution is 9.10. The van der Waals surface area contributed by atoms with Crippen LogP contribution in [0.15, 0.2) is 34.8 Å². The van der Waals surface area contributed by atoms with Crippen LogP contribution in [-0.4, -0.2) is 17.3 Å². The van der Waals surface area contributed by atoms with E-state index in [-0.39, 0.29) is 0 Å². The Labute approximate surface area is 107 Å². The monoisotopic (exact) mass is 298 g/mol. The molecule has 1 aromatic carbocycles. The van der Waals surface area contributed by atoms with Crippen molar-refractivity contribution in [2.75, 3.05) is 7.11 Å². The van der Waals surface area contributed by atoms with E-state index in [0.29, 0.717) is 5.15 Å². The lowest BCUT2D eigenvalue weighted by Gasteiger charge is -2.04. The van der Waals surface area contributed by atoms with Crippen molar-refractivity contribution in [1.29, 1.82) is 0 Å². The molecule has 0 N–H and O–H groups in total. The summed E-state index contributed by atoms with van der Waals surface area (Å²) in [6.45, 7) is 0. The third kappa shape index (κ3) is 2.33. The van der Waals surface area contributed by atoms with E-state index in [0.717, 1.165) is 21.5 Å². The van der Waals surface area contributed by atoms with E-state index >= 15 is 0 Å². The molecule has 0 aliphatic carbocycles. The third-order valence-electron chi connectivity index (χ3n) is 2.07. The summed E-state index contributed by atoms with van der Waals surface area (Å²) in [5.74, 6) is 0.783. The number of rotatable bonds is 2. The Morgan fingerprint density at radius 3 is 2.75 bits per heavy atom. The summed E-state index contributed by atoms with van der Waals surface area (Å²) in [7, 11) is 1.63. The van der Waals surface area contributed by atoms with Crippen molar-refractivity contribution in [1.82, 2.24) is 10.2 Å². The second-order valence-electron chi connectivity index (χ2n) is 3.10. The molecule has 2 rings (SSSR count). The van der Waals surface area contributed by atoms with E-state index in [1.165, 1.54) is 0 Å². The van der Waals surface area contributed by atoms with Crippen LogP contribution in [0, 0.1) is 0 Å². The van der Waals surface area contributed by atoms with Crippen LogP contribution in [0.5, 0.6) is 5.75 Å². The van der Waals surface area contributed by atoms with Gasteiger partial charge in [-0.05, 0) is 34.1 Å². The van der Waals surface area contributed by atoms with Crippen LogP contribution in [-0.2, 0) is 0 Å². The van der Waals surface area contributed by atoms with E-state index in [9.17, 15) is 0 Å². The first kappa shape index (κ1) is 11.4. The third-order valence-corrected chi connectivity index (χ3v) is 3.18. The van der Waals surface area contributed by atoms with E-state index < -0.39 is 0 Å². The Bertz CT molecular complexity index is 519. The zero-order valence-electron chi connectivity index (χ0n) is 8.45. The number of ether oxygens (including phenoxy) is 1. The highest BCUT2D eigenvalue weighted by Gasteiger charge is 2.05. The average Bonchev–Trinajstić information content (AvgIpc) is 2.33. The van der Waals surface area contributed by atoms with Gasteiger partial charge in [-0.25, -0.2) is 0 Å². The molecule has 16 heavy (non-hydrogen) atoms. The molecule has 0 amide bonds. The van der Waals surface area contributed by atoms with Crippen LogP contribution in [0.2, 0.25) is 5.15 Å².